The van der Waals surface area contributed by atoms with Gasteiger partial charge in [-0.05, 0) is 42.2 Å². The van der Waals surface area contributed by atoms with Gasteiger partial charge in [0.15, 0.2) is 0 Å². The number of aryl methyl sites for hydroxylation is 2. The highest BCUT2D eigenvalue weighted by Gasteiger charge is 2.04. The molecular weight excluding hydrogens is 204 g/mol. The molecular formula is C14H12Cl. The highest BCUT2D eigenvalue weighted by molar-refractivity contribution is 6.30. The quantitative estimate of drug-likeness (QED) is 0.661. The van der Waals surface area contributed by atoms with Crippen molar-refractivity contribution in [3.8, 4) is 11.1 Å². The van der Waals surface area contributed by atoms with Gasteiger partial charge >= 0.3 is 0 Å². The molecule has 0 heterocycles. The van der Waals surface area contributed by atoms with Crippen LogP contribution >= 0.6 is 11.6 Å². The summed E-state index contributed by atoms with van der Waals surface area (Å²) < 4.78 is 0. The van der Waals surface area contributed by atoms with Crippen LogP contribution in [0.1, 0.15) is 11.1 Å². The second-order valence-electron chi connectivity index (χ2n) is 3.69. The third kappa shape index (κ3) is 2.05. The van der Waals surface area contributed by atoms with Crippen molar-refractivity contribution in [3.05, 3.63) is 58.6 Å². The van der Waals surface area contributed by atoms with Gasteiger partial charge in [-0.15, -0.1) is 0 Å². The van der Waals surface area contributed by atoms with Gasteiger partial charge < -0.3 is 0 Å². The van der Waals surface area contributed by atoms with Crippen LogP contribution in [0.2, 0.25) is 5.02 Å². The van der Waals surface area contributed by atoms with E-state index < -0.39 is 0 Å². The average Bonchev–Trinajstić information content (AvgIpc) is 2.17. The van der Waals surface area contributed by atoms with Crippen molar-refractivity contribution in [3.63, 3.8) is 0 Å². The fraction of sp³-hybridized carbons (Fsp3) is 0.143. The van der Waals surface area contributed by atoms with E-state index in [-0.39, 0.29) is 0 Å². The van der Waals surface area contributed by atoms with Gasteiger partial charge in [0, 0.05) is 11.1 Å². The minimum atomic E-state index is 0.662. The lowest BCUT2D eigenvalue weighted by atomic mass is 9.96. The Morgan fingerprint density at radius 1 is 1.07 bits per heavy atom. The molecule has 0 saturated heterocycles. The summed E-state index contributed by atoms with van der Waals surface area (Å²) in [7, 11) is 0. The Morgan fingerprint density at radius 3 is 2.33 bits per heavy atom. The van der Waals surface area contributed by atoms with E-state index in [0.29, 0.717) is 5.02 Å². The molecule has 0 aliphatic rings. The van der Waals surface area contributed by atoms with Crippen LogP contribution in [0.5, 0.6) is 0 Å². The average molecular weight is 216 g/mol. The summed E-state index contributed by atoms with van der Waals surface area (Å²) in [5.41, 5.74) is 4.98. The van der Waals surface area contributed by atoms with Gasteiger partial charge in [0.25, 0.3) is 0 Å². The Morgan fingerprint density at radius 2 is 1.73 bits per heavy atom. The van der Waals surface area contributed by atoms with Gasteiger partial charge in [0.2, 0.25) is 0 Å². The molecule has 15 heavy (non-hydrogen) atoms. The van der Waals surface area contributed by atoms with Gasteiger partial charge in [-0.25, -0.2) is 0 Å². The minimum Gasteiger partial charge on any atom is -0.0836 e. The third-order valence-corrected chi connectivity index (χ3v) is 2.75. The molecule has 0 spiro atoms. The summed E-state index contributed by atoms with van der Waals surface area (Å²) in [5, 5.41) is 0.662. The van der Waals surface area contributed by atoms with Crippen molar-refractivity contribution < 1.29 is 0 Å². The molecule has 0 fully saturated rings. The zero-order valence-corrected chi connectivity index (χ0v) is 9.60. The topological polar surface area (TPSA) is 0 Å². The molecule has 0 N–H and O–H groups in total. The van der Waals surface area contributed by atoms with Gasteiger partial charge in [-0.1, -0.05) is 41.9 Å². The van der Waals surface area contributed by atoms with Crippen molar-refractivity contribution in [2.24, 2.45) is 0 Å². The number of halogens is 1. The lowest BCUT2D eigenvalue weighted by molar-refractivity contribution is 1.38. The largest absolute Gasteiger partial charge is 0.0836 e. The molecule has 2 aromatic carbocycles. The van der Waals surface area contributed by atoms with Crippen molar-refractivity contribution in [1.29, 1.82) is 0 Å². The summed E-state index contributed by atoms with van der Waals surface area (Å²) >= 11 is 5.94. The summed E-state index contributed by atoms with van der Waals surface area (Å²) in [6.45, 7) is 4.24. The first-order valence-electron chi connectivity index (χ1n) is 4.92. The van der Waals surface area contributed by atoms with Crippen molar-refractivity contribution in [2.45, 2.75) is 13.8 Å². The first-order valence-corrected chi connectivity index (χ1v) is 5.30. The molecule has 2 rings (SSSR count). The fourth-order valence-electron chi connectivity index (χ4n) is 1.86. The van der Waals surface area contributed by atoms with Crippen LogP contribution in [0.15, 0.2) is 36.4 Å². The lowest BCUT2D eigenvalue weighted by Crippen LogP contribution is -1.87. The summed E-state index contributed by atoms with van der Waals surface area (Å²) in [6, 6.07) is 15.1. The smallest absolute Gasteiger partial charge is 0.0491 e. The molecule has 0 saturated carbocycles. The molecule has 1 heteroatoms. The van der Waals surface area contributed by atoms with Crippen LogP contribution in [-0.2, 0) is 0 Å². The van der Waals surface area contributed by atoms with Gasteiger partial charge in [0.1, 0.15) is 0 Å². The molecule has 0 atom stereocenters. The molecule has 0 aliphatic carbocycles. The second-order valence-corrected chi connectivity index (χ2v) is 4.10. The molecule has 75 valence electrons. The highest BCUT2D eigenvalue weighted by Crippen LogP contribution is 2.28. The predicted octanol–water partition coefficient (Wildman–Crippen LogP) is 4.42. The first-order chi connectivity index (χ1) is 7.18. The monoisotopic (exact) mass is 215 g/mol. The van der Waals surface area contributed by atoms with Crippen LogP contribution in [0.4, 0.5) is 0 Å². The van der Waals surface area contributed by atoms with E-state index in [2.05, 4.69) is 38.1 Å². The lowest BCUT2D eigenvalue weighted by Gasteiger charge is -2.09. The number of hydrogen-bond acceptors (Lipinski definition) is 0. The van der Waals surface area contributed by atoms with Crippen molar-refractivity contribution >= 4 is 11.6 Å². The second kappa shape index (κ2) is 4.08. The summed E-state index contributed by atoms with van der Waals surface area (Å²) in [5.74, 6) is 0. The number of rotatable bonds is 1. The normalized spacial score (nSPS) is 10.3. The molecule has 0 aromatic heterocycles. The van der Waals surface area contributed by atoms with Gasteiger partial charge in [-0.3, -0.25) is 0 Å². The first kappa shape index (κ1) is 10.3. The molecule has 0 nitrogen and oxygen atoms in total. The molecule has 0 unspecified atom stereocenters. The summed E-state index contributed by atoms with van der Waals surface area (Å²) in [6.07, 6.45) is 0. The standard InChI is InChI=1S/C14H12Cl/c1-10-5-3-6-11(2)14(10)12-7-4-8-13(15)9-12/h3-7,9H,1-2H3. The van der Waals surface area contributed by atoms with E-state index in [1.807, 2.05) is 18.2 Å². The van der Waals surface area contributed by atoms with E-state index in [9.17, 15) is 0 Å². The van der Waals surface area contributed by atoms with Crippen molar-refractivity contribution in [1.82, 2.24) is 0 Å². The Hall–Kier alpha value is -1.27. The van der Waals surface area contributed by atoms with Crippen LogP contribution in [0, 0.1) is 19.9 Å². The van der Waals surface area contributed by atoms with Crippen molar-refractivity contribution in [2.75, 3.05) is 0 Å². The molecule has 0 bridgehead atoms. The fourth-order valence-corrected chi connectivity index (χ4v) is 2.04. The minimum absolute atomic E-state index is 0.662. The Kier molecular flexibility index (Phi) is 2.79. The maximum absolute atomic E-state index is 5.94. The SMILES string of the molecule is Cc1cccc(C)c1-c1cc[c]c(Cl)c1. The molecule has 2 aromatic rings. The highest BCUT2D eigenvalue weighted by atomic mass is 35.5. The predicted molar refractivity (Wildman–Crippen MR) is 65.2 cm³/mol. The van der Waals surface area contributed by atoms with Crippen LogP contribution in [0.3, 0.4) is 0 Å². The Labute approximate surface area is 95.5 Å². The summed E-state index contributed by atoms with van der Waals surface area (Å²) in [4.78, 5) is 0. The molecule has 0 amide bonds. The van der Waals surface area contributed by atoms with E-state index in [4.69, 9.17) is 11.6 Å². The Balaban J connectivity index is 2.63. The van der Waals surface area contributed by atoms with Gasteiger partial charge in [-0.2, -0.15) is 0 Å². The van der Waals surface area contributed by atoms with Gasteiger partial charge in [0.05, 0.1) is 0 Å². The van der Waals surface area contributed by atoms with E-state index in [1.165, 1.54) is 16.7 Å². The van der Waals surface area contributed by atoms with E-state index in [1.54, 1.807) is 0 Å². The van der Waals surface area contributed by atoms with Crippen LogP contribution in [-0.4, -0.2) is 0 Å². The zero-order valence-electron chi connectivity index (χ0n) is 8.84. The third-order valence-electron chi connectivity index (χ3n) is 2.54. The number of hydrogen-bond donors (Lipinski definition) is 0. The van der Waals surface area contributed by atoms with E-state index >= 15 is 0 Å². The Bertz CT molecular complexity index is 466. The molecule has 0 aliphatic heterocycles. The maximum atomic E-state index is 5.94. The van der Waals surface area contributed by atoms with E-state index in [0.717, 1.165) is 5.56 Å². The zero-order chi connectivity index (χ0) is 10.8. The number of benzene rings is 2. The maximum Gasteiger partial charge on any atom is 0.0491 e. The van der Waals surface area contributed by atoms with Crippen LogP contribution in [0.25, 0.3) is 11.1 Å². The van der Waals surface area contributed by atoms with Crippen LogP contribution < -0.4 is 0 Å². The molecule has 1 radical (unpaired) electrons.